The Morgan fingerprint density at radius 1 is 1.03 bits per heavy atom. The summed E-state index contributed by atoms with van der Waals surface area (Å²) in [4.78, 5) is 41.8. The molecule has 1 saturated heterocycles. The molecule has 2 aromatic rings. The molecule has 4 rings (SSSR count). The van der Waals surface area contributed by atoms with Crippen molar-refractivity contribution in [2.45, 2.75) is 19.4 Å². The van der Waals surface area contributed by atoms with E-state index in [1.54, 1.807) is 36.9 Å². The van der Waals surface area contributed by atoms with Crippen LogP contribution < -0.4 is 9.64 Å². The van der Waals surface area contributed by atoms with E-state index in [2.05, 4.69) is 0 Å². The van der Waals surface area contributed by atoms with Gasteiger partial charge in [0.15, 0.2) is 11.4 Å². The summed E-state index contributed by atoms with van der Waals surface area (Å²) in [7, 11) is 0. The molecule has 2 aromatic carbocycles. The Hall–Kier alpha value is -3.26. The Labute approximate surface area is 179 Å². The second-order valence-electron chi connectivity index (χ2n) is 8.02. The molecule has 0 radical (unpaired) electrons. The molecule has 2 heterocycles. The van der Waals surface area contributed by atoms with Crippen molar-refractivity contribution in [1.29, 1.82) is 0 Å². The number of morpholine rings is 1. The summed E-state index contributed by atoms with van der Waals surface area (Å²) < 4.78 is 24.4. The number of fused-ring (bicyclic) bond motifs is 1. The van der Waals surface area contributed by atoms with Crippen molar-refractivity contribution in [1.82, 2.24) is 4.90 Å². The number of hydrogen-bond acceptors (Lipinski definition) is 5. The maximum atomic E-state index is 13.2. The highest BCUT2D eigenvalue weighted by molar-refractivity contribution is 6.10. The van der Waals surface area contributed by atoms with E-state index in [-0.39, 0.29) is 18.2 Å². The topological polar surface area (TPSA) is 76.2 Å². The van der Waals surface area contributed by atoms with E-state index in [0.29, 0.717) is 48.9 Å². The molecule has 0 N–H and O–H groups in total. The number of ketones is 1. The molecular formula is C23H23FN2O5. The molecular weight excluding hydrogens is 403 g/mol. The lowest BCUT2D eigenvalue weighted by atomic mass is 10.0. The quantitative estimate of drug-likeness (QED) is 0.703. The fourth-order valence-corrected chi connectivity index (χ4v) is 3.68. The summed E-state index contributed by atoms with van der Waals surface area (Å²) in [6.07, 6.45) is 0. The van der Waals surface area contributed by atoms with E-state index >= 15 is 0 Å². The molecule has 2 amide bonds. The van der Waals surface area contributed by atoms with E-state index in [1.807, 2.05) is 0 Å². The number of benzene rings is 2. The van der Waals surface area contributed by atoms with Gasteiger partial charge in [-0.3, -0.25) is 19.3 Å². The Kier molecular flexibility index (Phi) is 5.49. The fraction of sp³-hybridized carbons (Fsp3) is 0.348. The maximum absolute atomic E-state index is 13.2. The molecule has 0 spiro atoms. The predicted molar refractivity (Wildman–Crippen MR) is 111 cm³/mol. The SMILES string of the molecule is CC1(C)Oc2ccc(C(=O)N3CCOCC3)cc2N(CC(=O)c2ccc(F)cc2)C1=O. The first-order valence-electron chi connectivity index (χ1n) is 10.1. The van der Waals surface area contributed by atoms with Crippen LogP contribution in [0, 0.1) is 5.82 Å². The number of carbonyl (C=O) groups excluding carboxylic acids is 3. The zero-order chi connectivity index (χ0) is 22.2. The summed E-state index contributed by atoms with van der Waals surface area (Å²) in [5.74, 6) is -0.951. The molecule has 0 aromatic heterocycles. The van der Waals surface area contributed by atoms with Crippen LogP contribution in [0.15, 0.2) is 42.5 Å². The molecule has 31 heavy (non-hydrogen) atoms. The number of carbonyl (C=O) groups is 3. The average Bonchev–Trinajstić information content (AvgIpc) is 2.77. The molecule has 162 valence electrons. The van der Waals surface area contributed by atoms with Gasteiger partial charge in [0.25, 0.3) is 11.8 Å². The first kappa shape index (κ1) is 21.0. The van der Waals surface area contributed by atoms with Gasteiger partial charge in [-0.1, -0.05) is 0 Å². The van der Waals surface area contributed by atoms with Gasteiger partial charge in [-0.2, -0.15) is 0 Å². The van der Waals surface area contributed by atoms with Gasteiger partial charge in [0, 0.05) is 24.2 Å². The third-order valence-electron chi connectivity index (χ3n) is 5.39. The second-order valence-corrected chi connectivity index (χ2v) is 8.02. The lowest BCUT2D eigenvalue weighted by Gasteiger charge is -2.38. The minimum absolute atomic E-state index is 0.173. The third-order valence-corrected chi connectivity index (χ3v) is 5.39. The van der Waals surface area contributed by atoms with Crippen molar-refractivity contribution in [3.05, 3.63) is 59.4 Å². The fourth-order valence-electron chi connectivity index (χ4n) is 3.68. The summed E-state index contributed by atoms with van der Waals surface area (Å²) in [6, 6.07) is 10.0. The molecule has 8 heteroatoms. The zero-order valence-corrected chi connectivity index (χ0v) is 17.4. The molecule has 0 bridgehead atoms. The largest absolute Gasteiger partial charge is 0.476 e. The van der Waals surface area contributed by atoms with E-state index in [1.165, 1.54) is 29.2 Å². The minimum atomic E-state index is -1.17. The van der Waals surface area contributed by atoms with Gasteiger partial charge in [-0.05, 0) is 56.3 Å². The number of nitrogens with zero attached hydrogens (tertiary/aromatic N) is 2. The molecule has 2 aliphatic rings. The van der Waals surface area contributed by atoms with Crippen LogP contribution in [0.5, 0.6) is 5.75 Å². The van der Waals surface area contributed by atoms with Gasteiger partial charge in [-0.25, -0.2) is 4.39 Å². The number of anilines is 1. The van der Waals surface area contributed by atoms with Gasteiger partial charge < -0.3 is 14.4 Å². The molecule has 0 atom stereocenters. The Morgan fingerprint density at radius 2 is 1.68 bits per heavy atom. The lowest BCUT2D eigenvalue weighted by Crippen LogP contribution is -2.54. The van der Waals surface area contributed by atoms with Crippen molar-refractivity contribution >= 4 is 23.3 Å². The Bertz CT molecular complexity index is 1030. The highest BCUT2D eigenvalue weighted by Gasteiger charge is 2.42. The minimum Gasteiger partial charge on any atom is -0.476 e. The molecule has 0 aliphatic carbocycles. The summed E-state index contributed by atoms with van der Waals surface area (Å²) in [5.41, 5.74) is -0.123. The van der Waals surface area contributed by atoms with Gasteiger partial charge in [0.05, 0.1) is 25.4 Å². The van der Waals surface area contributed by atoms with Gasteiger partial charge >= 0.3 is 0 Å². The van der Waals surface area contributed by atoms with E-state index in [0.717, 1.165) is 0 Å². The monoisotopic (exact) mass is 426 g/mol. The molecule has 0 saturated carbocycles. The van der Waals surface area contributed by atoms with Crippen molar-refractivity contribution in [3.63, 3.8) is 0 Å². The predicted octanol–water partition coefficient (Wildman–Crippen LogP) is 2.69. The number of ether oxygens (including phenoxy) is 2. The van der Waals surface area contributed by atoms with Crippen molar-refractivity contribution in [2.75, 3.05) is 37.7 Å². The van der Waals surface area contributed by atoms with Gasteiger partial charge in [0.2, 0.25) is 0 Å². The standard InChI is InChI=1S/C23H23FN2O5/c1-23(2)22(29)26(14-19(27)15-3-6-17(24)7-4-15)18-13-16(5-8-20(18)31-23)21(28)25-9-11-30-12-10-25/h3-8,13H,9-12,14H2,1-2H3. The van der Waals surface area contributed by atoms with Crippen LogP contribution in [0.2, 0.25) is 0 Å². The average molecular weight is 426 g/mol. The van der Waals surface area contributed by atoms with Crippen LogP contribution >= 0.6 is 0 Å². The normalized spacial score (nSPS) is 17.7. The molecule has 1 fully saturated rings. The summed E-state index contributed by atoms with van der Waals surface area (Å²) in [5, 5.41) is 0. The van der Waals surface area contributed by atoms with E-state index in [9.17, 15) is 18.8 Å². The van der Waals surface area contributed by atoms with Gasteiger partial charge in [-0.15, -0.1) is 0 Å². The van der Waals surface area contributed by atoms with Crippen LogP contribution in [-0.4, -0.2) is 60.9 Å². The lowest BCUT2D eigenvalue weighted by molar-refractivity contribution is -0.132. The van der Waals surface area contributed by atoms with Crippen LogP contribution in [0.25, 0.3) is 0 Å². The first-order valence-corrected chi connectivity index (χ1v) is 10.1. The number of halogens is 1. The van der Waals surface area contributed by atoms with E-state index in [4.69, 9.17) is 9.47 Å². The van der Waals surface area contributed by atoms with Crippen LogP contribution in [0.3, 0.4) is 0 Å². The number of amides is 2. The molecule has 7 nitrogen and oxygen atoms in total. The number of rotatable bonds is 4. The second kappa shape index (κ2) is 8.11. The first-order chi connectivity index (χ1) is 14.8. The summed E-state index contributed by atoms with van der Waals surface area (Å²) in [6.45, 7) is 4.94. The smallest absolute Gasteiger partial charge is 0.271 e. The maximum Gasteiger partial charge on any atom is 0.271 e. The van der Waals surface area contributed by atoms with Crippen LogP contribution in [0.1, 0.15) is 34.6 Å². The highest BCUT2D eigenvalue weighted by Crippen LogP contribution is 2.38. The van der Waals surface area contributed by atoms with Crippen LogP contribution in [0.4, 0.5) is 10.1 Å². The van der Waals surface area contributed by atoms with Crippen molar-refractivity contribution in [2.24, 2.45) is 0 Å². The molecule has 2 aliphatic heterocycles. The van der Waals surface area contributed by atoms with E-state index < -0.39 is 17.3 Å². The Balaban J connectivity index is 1.66. The Morgan fingerprint density at radius 3 is 2.35 bits per heavy atom. The van der Waals surface area contributed by atoms with Crippen LogP contribution in [-0.2, 0) is 9.53 Å². The highest BCUT2D eigenvalue weighted by atomic mass is 19.1. The number of Topliss-reactive ketones (excluding diaryl/α,β-unsaturated/α-hetero) is 1. The van der Waals surface area contributed by atoms with Crippen molar-refractivity contribution < 1.29 is 28.2 Å². The number of hydrogen-bond donors (Lipinski definition) is 0. The van der Waals surface area contributed by atoms with Crippen molar-refractivity contribution in [3.8, 4) is 5.75 Å². The zero-order valence-electron chi connectivity index (χ0n) is 17.4. The third kappa shape index (κ3) is 4.16. The molecule has 0 unspecified atom stereocenters. The van der Waals surface area contributed by atoms with Gasteiger partial charge in [0.1, 0.15) is 11.6 Å². The summed E-state index contributed by atoms with van der Waals surface area (Å²) >= 11 is 0.